The molecule has 4 nitrogen and oxygen atoms in total. The first-order valence-corrected chi connectivity index (χ1v) is 6.07. The van der Waals surface area contributed by atoms with Crippen molar-refractivity contribution in [1.29, 1.82) is 0 Å². The van der Waals surface area contributed by atoms with Crippen molar-refractivity contribution in [1.82, 2.24) is 0 Å². The predicted molar refractivity (Wildman–Crippen MR) is 54.7 cm³/mol. The lowest BCUT2D eigenvalue weighted by atomic mass is 10.0. The molecule has 3 fully saturated rings. The van der Waals surface area contributed by atoms with Crippen LogP contribution in [0.3, 0.4) is 0 Å². The summed E-state index contributed by atoms with van der Waals surface area (Å²) in [6, 6.07) is 0. The molecule has 2 unspecified atom stereocenters. The fourth-order valence-electron chi connectivity index (χ4n) is 3.97. The quantitative estimate of drug-likeness (QED) is 0.744. The summed E-state index contributed by atoms with van der Waals surface area (Å²) in [6.45, 7) is 0. The second-order valence-electron chi connectivity index (χ2n) is 5.54. The maximum atomic E-state index is 10.9. The van der Waals surface area contributed by atoms with E-state index in [4.69, 9.17) is 10.2 Å². The van der Waals surface area contributed by atoms with Crippen molar-refractivity contribution in [2.24, 2.45) is 35.5 Å². The van der Waals surface area contributed by atoms with Gasteiger partial charge in [0.15, 0.2) is 0 Å². The summed E-state index contributed by atoms with van der Waals surface area (Å²) in [5.41, 5.74) is 0. The van der Waals surface area contributed by atoms with E-state index >= 15 is 0 Å². The van der Waals surface area contributed by atoms with Crippen LogP contribution in [0.1, 0.15) is 25.7 Å². The molecule has 0 spiro atoms. The van der Waals surface area contributed by atoms with E-state index in [-0.39, 0.29) is 11.8 Å². The molecule has 3 saturated carbocycles. The molecule has 4 heteroatoms. The maximum Gasteiger partial charge on any atom is 0.307 e. The molecular formula is C12H16O4. The fourth-order valence-corrected chi connectivity index (χ4v) is 3.97. The van der Waals surface area contributed by atoms with E-state index in [1.807, 2.05) is 0 Å². The highest BCUT2D eigenvalue weighted by Crippen LogP contribution is 2.61. The molecule has 0 aromatic heterocycles. The van der Waals surface area contributed by atoms with Gasteiger partial charge in [0.1, 0.15) is 0 Å². The molecule has 0 aliphatic heterocycles. The van der Waals surface area contributed by atoms with E-state index in [9.17, 15) is 9.59 Å². The molecule has 0 heterocycles. The Morgan fingerprint density at radius 2 is 0.938 bits per heavy atom. The second-order valence-corrected chi connectivity index (χ2v) is 5.54. The van der Waals surface area contributed by atoms with Crippen LogP contribution in [-0.2, 0) is 9.59 Å². The zero-order valence-corrected chi connectivity index (χ0v) is 9.00. The minimum absolute atomic E-state index is 0.124. The Morgan fingerprint density at radius 3 is 1.12 bits per heavy atom. The molecule has 2 N–H and O–H groups in total. The van der Waals surface area contributed by atoms with Crippen LogP contribution < -0.4 is 0 Å². The Labute approximate surface area is 93.6 Å². The molecule has 3 aliphatic rings. The van der Waals surface area contributed by atoms with Gasteiger partial charge in [-0.15, -0.1) is 0 Å². The van der Waals surface area contributed by atoms with Gasteiger partial charge < -0.3 is 10.2 Å². The van der Waals surface area contributed by atoms with Crippen molar-refractivity contribution in [3.8, 4) is 0 Å². The highest BCUT2D eigenvalue weighted by molar-refractivity contribution is 5.75. The minimum atomic E-state index is -0.652. The number of aliphatic carboxylic acids is 2. The molecule has 3 aliphatic carbocycles. The smallest absolute Gasteiger partial charge is 0.307 e. The fraction of sp³-hybridized carbons (Fsp3) is 0.833. The van der Waals surface area contributed by atoms with Gasteiger partial charge in [0, 0.05) is 0 Å². The van der Waals surface area contributed by atoms with Crippen LogP contribution in [0.5, 0.6) is 0 Å². The third-order valence-corrected chi connectivity index (χ3v) is 4.90. The highest BCUT2D eigenvalue weighted by Gasteiger charge is 2.61. The van der Waals surface area contributed by atoms with Gasteiger partial charge in [0.2, 0.25) is 0 Å². The number of carboxylic acid groups (broad SMARTS) is 2. The average molecular weight is 224 g/mol. The molecule has 0 radical (unpaired) electrons. The van der Waals surface area contributed by atoms with E-state index in [1.165, 1.54) is 0 Å². The summed E-state index contributed by atoms with van der Waals surface area (Å²) < 4.78 is 0. The minimum Gasteiger partial charge on any atom is -0.481 e. The summed E-state index contributed by atoms with van der Waals surface area (Å²) in [5.74, 6) is -0.189. The largest absolute Gasteiger partial charge is 0.481 e. The van der Waals surface area contributed by atoms with Crippen LogP contribution in [0.25, 0.3) is 0 Å². The first-order valence-electron chi connectivity index (χ1n) is 6.07. The van der Waals surface area contributed by atoms with Crippen molar-refractivity contribution >= 4 is 11.9 Å². The molecule has 0 amide bonds. The lowest BCUT2D eigenvalue weighted by Crippen LogP contribution is -2.03. The third-order valence-electron chi connectivity index (χ3n) is 4.90. The highest BCUT2D eigenvalue weighted by atomic mass is 16.4. The molecule has 0 bridgehead atoms. The first-order chi connectivity index (χ1) is 7.61. The molecule has 16 heavy (non-hydrogen) atoms. The normalized spacial score (nSPS) is 49.2. The summed E-state index contributed by atoms with van der Waals surface area (Å²) in [4.78, 5) is 21.8. The Hall–Kier alpha value is -1.06. The van der Waals surface area contributed by atoms with Gasteiger partial charge in [-0.1, -0.05) is 0 Å². The van der Waals surface area contributed by atoms with E-state index in [0.717, 1.165) is 25.7 Å². The van der Waals surface area contributed by atoms with Crippen LogP contribution in [0.4, 0.5) is 0 Å². The molecule has 6 atom stereocenters. The van der Waals surface area contributed by atoms with Crippen LogP contribution >= 0.6 is 0 Å². The second kappa shape index (κ2) is 3.22. The molecule has 3 rings (SSSR count). The van der Waals surface area contributed by atoms with Crippen molar-refractivity contribution in [3.05, 3.63) is 0 Å². The number of hydrogen-bond donors (Lipinski definition) is 2. The standard InChI is InChI=1S/C12H16O4/c13-11(14)9-5-1-2-6-8(4-3-7(5)9)10(6)12(15)16/h5-10H,1-4H2,(H,13,14)(H,15,16)/t5-,6-,7-,8+,9?,10?/m1/s1. The summed E-state index contributed by atoms with van der Waals surface area (Å²) in [6.07, 6.45) is 3.69. The summed E-state index contributed by atoms with van der Waals surface area (Å²) in [5, 5.41) is 18.0. The van der Waals surface area contributed by atoms with E-state index < -0.39 is 11.9 Å². The number of carboxylic acids is 2. The van der Waals surface area contributed by atoms with Gasteiger partial charge in [-0.25, -0.2) is 0 Å². The summed E-state index contributed by atoms with van der Waals surface area (Å²) >= 11 is 0. The van der Waals surface area contributed by atoms with Crippen LogP contribution in [-0.4, -0.2) is 22.2 Å². The van der Waals surface area contributed by atoms with Crippen LogP contribution in [0.2, 0.25) is 0 Å². The van der Waals surface area contributed by atoms with Crippen molar-refractivity contribution in [2.45, 2.75) is 25.7 Å². The third kappa shape index (κ3) is 1.35. The molecular weight excluding hydrogens is 208 g/mol. The van der Waals surface area contributed by atoms with Gasteiger partial charge in [-0.3, -0.25) is 9.59 Å². The average Bonchev–Trinajstić information content (AvgIpc) is 3.00. The van der Waals surface area contributed by atoms with Crippen LogP contribution in [0, 0.1) is 35.5 Å². The Morgan fingerprint density at radius 1 is 0.688 bits per heavy atom. The number of rotatable bonds is 2. The Bertz CT molecular complexity index is 297. The number of carbonyl (C=O) groups is 2. The lowest BCUT2D eigenvalue weighted by molar-refractivity contribution is -0.140. The van der Waals surface area contributed by atoms with Gasteiger partial charge in [-0.2, -0.15) is 0 Å². The van der Waals surface area contributed by atoms with Crippen LogP contribution in [0.15, 0.2) is 0 Å². The first kappa shape index (κ1) is 10.1. The predicted octanol–water partition coefficient (Wildman–Crippen LogP) is 1.45. The summed E-state index contributed by atoms with van der Waals surface area (Å²) in [7, 11) is 0. The van der Waals surface area contributed by atoms with Gasteiger partial charge in [-0.05, 0) is 49.4 Å². The topological polar surface area (TPSA) is 74.6 Å². The van der Waals surface area contributed by atoms with Gasteiger partial charge in [0.25, 0.3) is 0 Å². The van der Waals surface area contributed by atoms with E-state index in [1.54, 1.807) is 0 Å². The zero-order valence-electron chi connectivity index (χ0n) is 9.00. The molecule has 0 saturated heterocycles. The Balaban J connectivity index is 1.63. The monoisotopic (exact) mass is 224 g/mol. The van der Waals surface area contributed by atoms with Crippen molar-refractivity contribution in [2.75, 3.05) is 0 Å². The Kier molecular flexibility index (Phi) is 2.03. The SMILES string of the molecule is O=C(O)C1[C@H]2CC[C@H]3C(C(=O)O)[C@@H]3CC[C@@H]12. The van der Waals surface area contributed by atoms with Gasteiger partial charge >= 0.3 is 11.9 Å². The van der Waals surface area contributed by atoms with Gasteiger partial charge in [0.05, 0.1) is 11.8 Å². The van der Waals surface area contributed by atoms with E-state index in [2.05, 4.69) is 0 Å². The zero-order chi connectivity index (χ0) is 11.4. The molecule has 88 valence electrons. The molecule has 0 aromatic rings. The maximum absolute atomic E-state index is 10.9. The number of hydrogen-bond acceptors (Lipinski definition) is 2. The van der Waals surface area contributed by atoms with Crippen molar-refractivity contribution < 1.29 is 19.8 Å². The molecule has 0 aromatic carbocycles. The lowest BCUT2D eigenvalue weighted by Gasteiger charge is -2.04. The van der Waals surface area contributed by atoms with E-state index in [0.29, 0.717) is 23.7 Å². The van der Waals surface area contributed by atoms with Crippen molar-refractivity contribution in [3.63, 3.8) is 0 Å². The number of fused-ring (bicyclic) bond motifs is 2.